The third kappa shape index (κ3) is 7.02. The molecular weight excluding hydrogens is 1010 g/mol. The molecule has 3 heterocycles. The third-order valence-corrected chi connectivity index (χ3v) is 17.0. The van der Waals surface area contributed by atoms with Crippen molar-refractivity contribution in [2.45, 2.75) is 6.42 Å². The van der Waals surface area contributed by atoms with Crippen LogP contribution in [0.3, 0.4) is 0 Å². The van der Waals surface area contributed by atoms with Crippen molar-refractivity contribution in [3.63, 3.8) is 0 Å². The summed E-state index contributed by atoms with van der Waals surface area (Å²) >= 11 is 0. The zero-order valence-corrected chi connectivity index (χ0v) is 44.4. The molecule has 8 heteroatoms. The van der Waals surface area contributed by atoms with Gasteiger partial charge in [0.25, 0.3) is 0 Å². The average Bonchev–Trinajstić information content (AvgIpc) is 4.34. The van der Waals surface area contributed by atoms with Gasteiger partial charge in [0.05, 0.1) is 66.7 Å². The number of fused-ring (bicyclic) bond motifs is 15. The van der Waals surface area contributed by atoms with E-state index in [1.54, 1.807) is 6.07 Å². The molecule has 8 nitrogen and oxygen atoms in total. The van der Waals surface area contributed by atoms with Crippen LogP contribution in [0.5, 0.6) is 0 Å². The van der Waals surface area contributed by atoms with Gasteiger partial charge in [-0.1, -0.05) is 133 Å². The fourth-order valence-corrected chi connectivity index (χ4v) is 13.4. The summed E-state index contributed by atoms with van der Waals surface area (Å²) in [4.78, 5) is 2.19. The third-order valence-electron chi connectivity index (χ3n) is 17.0. The molecule has 1 aliphatic carbocycles. The van der Waals surface area contributed by atoms with Gasteiger partial charge in [0.2, 0.25) is 0 Å². The number of hydrogen-bond acceptors (Lipinski definition) is 5. The number of anilines is 3. The predicted octanol–water partition coefficient (Wildman–Crippen LogP) is 18.3. The maximum Gasteiger partial charge on any atom is 0.101 e. The largest absolute Gasteiger partial charge is 0.309 e. The fraction of sp³-hybridized carbons (Fsp3) is 0.0133. The van der Waals surface area contributed by atoms with Crippen molar-refractivity contribution in [3.8, 4) is 63.6 Å². The molecular formula is C75H42N8. The van der Waals surface area contributed by atoms with Gasteiger partial charge in [0, 0.05) is 55.1 Å². The highest BCUT2D eigenvalue weighted by Crippen LogP contribution is 2.48. The Morgan fingerprint density at radius 3 is 1.64 bits per heavy atom. The van der Waals surface area contributed by atoms with Gasteiger partial charge in [-0.05, 0) is 160 Å². The van der Waals surface area contributed by atoms with Crippen LogP contribution in [0.15, 0.2) is 243 Å². The summed E-state index contributed by atoms with van der Waals surface area (Å²) in [5.41, 5.74) is 19.8. The van der Waals surface area contributed by atoms with Crippen molar-refractivity contribution < 1.29 is 0 Å². The van der Waals surface area contributed by atoms with E-state index in [9.17, 15) is 21.0 Å². The molecule has 15 aromatic rings. The summed E-state index contributed by atoms with van der Waals surface area (Å²) in [6.45, 7) is 0. The number of rotatable bonds is 7. The van der Waals surface area contributed by atoms with Crippen LogP contribution in [0.25, 0.3) is 116 Å². The van der Waals surface area contributed by atoms with Crippen molar-refractivity contribution in [1.29, 1.82) is 21.0 Å². The predicted molar refractivity (Wildman–Crippen MR) is 334 cm³/mol. The zero-order valence-electron chi connectivity index (χ0n) is 44.4. The summed E-state index contributed by atoms with van der Waals surface area (Å²) in [6.07, 6.45) is 0.825. The van der Waals surface area contributed by atoms with Gasteiger partial charge in [0.15, 0.2) is 0 Å². The number of benzene rings is 12. The maximum absolute atomic E-state index is 10.7. The van der Waals surface area contributed by atoms with Gasteiger partial charge < -0.3 is 18.6 Å². The first-order valence-electron chi connectivity index (χ1n) is 27.5. The summed E-state index contributed by atoms with van der Waals surface area (Å²) in [7, 11) is 0. The first-order chi connectivity index (χ1) is 41.0. The molecule has 0 radical (unpaired) electrons. The van der Waals surface area contributed by atoms with Gasteiger partial charge in [-0.2, -0.15) is 21.0 Å². The van der Waals surface area contributed by atoms with Crippen molar-refractivity contribution in [3.05, 3.63) is 276 Å². The lowest BCUT2D eigenvalue weighted by atomic mass is 9.98. The van der Waals surface area contributed by atoms with Gasteiger partial charge in [-0.25, -0.2) is 0 Å². The molecule has 83 heavy (non-hydrogen) atoms. The lowest BCUT2D eigenvalue weighted by Crippen LogP contribution is -2.14. The molecule has 0 aliphatic heterocycles. The highest BCUT2D eigenvalue weighted by molar-refractivity contribution is 6.22. The molecule has 1 aliphatic rings. The standard InChI is InChI=1S/C75H42N8/c76-42-50-24-29-56(37-51(50)43-77)82-69-34-30-57(81-66-19-9-6-16-61(66)62-17-7-10-20-67(62)81)41-65(69)74-59-31-25-47(36-49(59)26-33-70(74)82)46-22-27-55(28-23-46)80(54-13-2-1-3-14-54)72-39-52(44-78)53(45-79)40-73(72)83-68-21-11-8-18-63(68)75-64-38-48-12-4-5-15-58(48)60(64)32-35-71(75)83/h1-37,39-41H,38H2. The number of aromatic nitrogens is 3. The molecule has 0 fully saturated rings. The molecule has 3 aromatic heterocycles. The van der Waals surface area contributed by atoms with Crippen molar-refractivity contribution in [2.24, 2.45) is 0 Å². The van der Waals surface area contributed by atoms with E-state index in [0.29, 0.717) is 22.3 Å². The van der Waals surface area contributed by atoms with Crippen molar-refractivity contribution in [1.82, 2.24) is 13.7 Å². The van der Waals surface area contributed by atoms with Gasteiger partial charge in [-0.3, -0.25) is 0 Å². The molecule has 16 rings (SSSR count). The molecule has 0 amide bonds. The Kier molecular flexibility index (Phi) is 10.4. The van der Waals surface area contributed by atoms with Crippen molar-refractivity contribution in [2.75, 3.05) is 4.90 Å². The average molecular weight is 1060 g/mol. The highest BCUT2D eigenvalue weighted by Gasteiger charge is 2.28. The minimum atomic E-state index is 0.293. The SMILES string of the molecule is N#Cc1ccc(-n2c3ccc(-n4c5ccccc5c5ccccc54)cc3c3c4ccc(-c5ccc(N(c6ccccc6)c6cc(C#N)c(C#N)cc6-n6c7ccccc7c7c8c(ccc76)-c6ccccc6C8)cc5)cc4ccc32)cc1C#N. The second kappa shape index (κ2) is 18.3. The minimum absolute atomic E-state index is 0.293. The number of hydrogen-bond donors (Lipinski definition) is 0. The normalized spacial score (nSPS) is 11.8. The molecule has 0 unspecified atom stereocenters. The Balaban J connectivity index is 0.853. The van der Waals surface area contributed by atoms with Crippen LogP contribution >= 0.6 is 0 Å². The van der Waals surface area contributed by atoms with E-state index < -0.39 is 0 Å². The van der Waals surface area contributed by atoms with Crippen LogP contribution < -0.4 is 4.90 Å². The van der Waals surface area contributed by atoms with E-state index in [2.05, 4.69) is 237 Å². The molecule has 0 bridgehead atoms. The molecule has 0 spiro atoms. The lowest BCUT2D eigenvalue weighted by molar-refractivity contribution is 1.14. The molecule has 382 valence electrons. The van der Waals surface area contributed by atoms with Crippen LogP contribution in [-0.4, -0.2) is 13.7 Å². The Morgan fingerprint density at radius 1 is 0.337 bits per heavy atom. The first kappa shape index (κ1) is 47.1. The van der Waals surface area contributed by atoms with E-state index >= 15 is 0 Å². The Hall–Kier alpha value is -11.9. The first-order valence-corrected chi connectivity index (χ1v) is 27.5. The summed E-state index contributed by atoms with van der Waals surface area (Å²) in [6, 6.07) is 93.5. The van der Waals surface area contributed by atoms with Gasteiger partial charge >= 0.3 is 0 Å². The number of nitriles is 4. The number of para-hydroxylation sites is 4. The van der Waals surface area contributed by atoms with Crippen LogP contribution in [0.1, 0.15) is 33.4 Å². The topological polar surface area (TPSA) is 113 Å². The molecule has 12 aromatic carbocycles. The second-order valence-corrected chi connectivity index (χ2v) is 21.3. The molecule has 0 N–H and O–H groups in total. The number of nitrogens with zero attached hydrogens (tertiary/aromatic N) is 8. The van der Waals surface area contributed by atoms with E-state index in [-0.39, 0.29) is 0 Å². The summed E-state index contributed by atoms with van der Waals surface area (Å²) < 4.78 is 6.82. The van der Waals surface area contributed by atoms with Gasteiger partial charge in [-0.15, -0.1) is 0 Å². The molecule has 0 saturated carbocycles. The van der Waals surface area contributed by atoms with Crippen molar-refractivity contribution >= 4 is 93.3 Å². The Bertz CT molecular complexity index is 5420. The zero-order chi connectivity index (χ0) is 55.4. The summed E-state index contributed by atoms with van der Waals surface area (Å²) in [5.74, 6) is 0. The summed E-state index contributed by atoms with van der Waals surface area (Å²) in [5, 5.41) is 50.3. The van der Waals surface area contributed by atoms with E-state index in [0.717, 1.165) is 112 Å². The maximum atomic E-state index is 10.7. The van der Waals surface area contributed by atoms with Crippen LogP contribution in [-0.2, 0) is 6.42 Å². The van der Waals surface area contributed by atoms with E-state index in [1.165, 1.54) is 38.4 Å². The van der Waals surface area contributed by atoms with Crippen LogP contribution in [0.4, 0.5) is 17.1 Å². The monoisotopic (exact) mass is 1050 g/mol. The van der Waals surface area contributed by atoms with Crippen LogP contribution in [0.2, 0.25) is 0 Å². The quantitative estimate of drug-likeness (QED) is 0.158. The van der Waals surface area contributed by atoms with E-state index in [1.807, 2.05) is 42.5 Å². The van der Waals surface area contributed by atoms with E-state index in [4.69, 9.17) is 0 Å². The Labute approximate surface area is 476 Å². The minimum Gasteiger partial charge on any atom is -0.309 e. The van der Waals surface area contributed by atoms with Gasteiger partial charge in [0.1, 0.15) is 24.3 Å². The molecule has 0 atom stereocenters. The lowest BCUT2D eigenvalue weighted by Gasteiger charge is -2.29. The van der Waals surface area contributed by atoms with Crippen LogP contribution in [0, 0.1) is 45.3 Å². The fourth-order valence-electron chi connectivity index (χ4n) is 13.4. The molecule has 0 saturated heterocycles. The smallest absolute Gasteiger partial charge is 0.101 e. The highest BCUT2D eigenvalue weighted by atomic mass is 15.2. The second-order valence-electron chi connectivity index (χ2n) is 21.3. The Morgan fingerprint density at radius 2 is 0.892 bits per heavy atom.